The van der Waals surface area contributed by atoms with E-state index < -0.39 is 0 Å². The Morgan fingerprint density at radius 2 is 2.06 bits per heavy atom. The highest BCUT2D eigenvalue weighted by Gasteiger charge is 2.17. The van der Waals surface area contributed by atoms with Gasteiger partial charge in [0.2, 0.25) is 5.91 Å². The summed E-state index contributed by atoms with van der Waals surface area (Å²) in [5.74, 6) is 1.50. The normalized spacial score (nSPS) is 26.0. The predicted molar refractivity (Wildman–Crippen MR) is 66.8 cm³/mol. The van der Waals surface area contributed by atoms with Crippen LogP contribution in [0.2, 0.25) is 0 Å². The maximum absolute atomic E-state index is 11.7. The van der Waals surface area contributed by atoms with Gasteiger partial charge in [0, 0.05) is 25.5 Å². The fourth-order valence-electron chi connectivity index (χ4n) is 2.60. The standard InChI is InChI=1S/C13H24N2O2/c16-13(15-9-12-5-8-17-10-12)2-1-11-3-6-14-7-4-11/h11-12,14H,1-10H2,(H,15,16). The number of carbonyl (C=O) groups excluding carboxylic acids is 1. The van der Waals surface area contributed by atoms with Gasteiger partial charge in [-0.1, -0.05) is 0 Å². The van der Waals surface area contributed by atoms with E-state index in [4.69, 9.17) is 4.74 Å². The topological polar surface area (TPSA) is 50.4 Å². The smallest absolute Gasteiger partial charge is 0.220 e. The van der Waals surface area contributed by atoms with Crippen molar-refractivity contribution >= 4 is 5.91 Å². The van der Waals surface area contributed by atoms with Gasteiger partial charge in [-0.3, -0.25) is 4.79 Å². The largest absolute Gasteiger partial charge is 0.381 e. The van der Waals surface area contributed by atoms with Crippen LogP contribution >= 0.6 is 0 Å². The molecule has 0 aromatic rings. The second-order valence-corrected chi connectivity index (χ2v) is 5.27. The molecule has 0 spiro atoms. The molecule has 1 amide bonds. The summed E-state index contributed by atoms with van der Waals surface area (Å²) in [6.07, 6.45) is 5.29. The number of hydrogen-bond acceptors (Lipinski definition) is 3. The average Bonchev–Trinajstić information content (AvgIpc) is 2.88. The molecule has 2 aliphatic rings. The Bertz CT molecular complexity index is 234. The van der Waals surface area contributed by atoms with Gasteiger partial charge in [0.1, 0.15) is 0 Å². The first-order chi connectivity index (χ1) is 8.34. The molecule has 0 aromatic carbocycles. The Labute approximate surface area is 103 Å². The highest BCUT2D eigenvalue weighted by molar-refractivity contribution is 5.75. The molecule has 4 heteroatoms. The van der Waals surface area contributed by atoms with Crippen molar-refractivity contribution in [1.82, 2.24) is 10.6 Å². The Morgan fingerprint density at radius 1 is 1.24 bits per heavy atom. The van der Waals surface area contributed by atoms with Gasteiger partial charge < -0.3 is 15.4 Å². The molecule has 0 aliphatic carbocycles. The van der Waals surface area contributed by atoms with Crippen molar-refractivity contribution in [3.8, 4) is 0 Å². The minimum Gasteiger partial charge on any atom is -0.381 e. The Balaban J connectivity index is 1.53. The van der Waals surface area contributed by atoms with Crippen molar-refractivity contribution in [2.75, 3.05) is 32.8 Å². The molecule has 98 valence electrons. The SMILES string of the molecule is O=C(CCC1CCNCC1)NCC1CCOC1. The highest BCUT2D eigenvalue weighted by Crippen LogP contribution is 2.17. The van der Waals surface area contributed by atoms with Crippen LogP contribution in [0.15, 0.2) is 0 Å². The molecule has 1 atom stereocenters. The molecule has 1 unspecified atom stereocenters. The van der Waals surface area contributed by atoms with Crippen LogP contribution in [0, 0.1) is 11.8 Å². The second-order valence-electron chi connectivity index (χ2n) is 5.27. The predicted octanol–water partition coefficient (Wildman–Crippen LogP) is 0.919. The summed E-state index contributed by atoms with van der Waals surface area (Å²) in [7, 11) is 0. The lowest BCUT2D eigenvalue weighted by Gasteiger charge is -2.22. The number of amides is 1. The van der Waals surface area contributed by atoms with Crippen LogP contribution in [0.25, 0.3) is 0 Å². The molecule has 0 radical (unpaired) electrons. The zero-order valence-electron chi connectivity index (χ0n) is 10.5. The zero-order chi connectivity index (χ0) is 11.9. The maximum Gasteiger partial charge on any atom is 0.220 e. The lowest BCUT2D eigenvalue weighted by molar-refractivity contribution is -0.121. The van der Waals surface area contributed by atoms with Crippen molar-refractivity contribution in [2.45, 2.75) is 32.1 Å². The molecule has 4 nitrogen and oxygen atoms in total. The number of hydrogen-bond donors (Lipinski definition) is 2. The second kappa shape index (κ2) is 6.97. The first-order valence-corrected chi connectivity index (χ1v) is 6.90. The van der Waals surface area contributed by atoms with Crippen molar-refractivity contribution in [3.63, 3.8) is 0 Å². The molecule has 0 saturated carbocycles. The van der Waals surface area contributed by atoms with Crippen LogP contribution < -0.4 is 10.6 Å². The van der Waals surface area contributed by atoms with Gasteiger partial charge in [0.15, 0.2) is 0 Å². The third kappa shape index (κ3) is 4.64. The van der Waals surface area contributed by atoms with Crippen LogP contribution in [-0.2, 0) is 9.53 Å². The molecule has 2 N–H and O–H groups in total. The summed E-state index contributed by atoms with van der Waals surface area (Å²) in [6.45, 7) is 4.70. The summed E-state index contributed by atoms with van der Waals surface area (Å²) in [6, 6.07) is 0. The molecule has 2 saturated heterocycles. The molecule has 2 aliphatic heterocycles. The van der Waals surface area contributed by atoms with Crippen LogP contribution in [0.5, 0.6) is 0 Å². The van der Waals surface area contributed by atoms with E-state index in [1.807, 2.05) is 0 Å². The fraction of sp³-hybridized carbons (Fsp3) is 0.923. The molecular weight excluding hydrogens is 216 g/mol. The molecule has 2 rings (SSSR count). The first kappa shape index (κ1) is 12.8. The van der Waals surface area contributed by atoms with Crippen molar-refractivity contribution in [3.05, 3.63) is 0 Å². The fourth-order valence-corrected chi connectivity index (χ4v) is 2.60. The van der Waals surface area contributed by atoms with Gasteiger partial charge in [-0.25, -0.2) is 0 Å². The summed E-state index contributed by atoms with van der Waals surface area (Å²) >= 11 is 0. The minimum absolute atomic E-state index is 0.218. The van der Waals surface area contributed by atoms with Gasteiger partial charge in [-0.15, -0.1) is 0 Å². The van der Waals surface area contributed by atoms with Crippen molar-refractivity contribution < 1.29 is 9.53 Å². The van der Waals surface area contributed by atoms with Gasteiger partial charge in [0.05, 0.1) is 6.61 Å². The van der Waals surface area contributed by atoms with E-state index in [0.717, 1.165) is 51.6 Å². The first-order valence-electron chi connectivity index (χ1n) is 6.90. The Morgan fingerprint density at radius 3 is 2.76 bits per heavy atom. The van der Waals surface area contributed by atoms with Crippen LogP contribution in [-0.4, -0.2) is 38.8 Å². The minimum atomic E-state index is 0.218. The average molecular weight is 240 g/mol. The number of ether oxygens (including phenoxy) is 1. The number of rotatable bonds is 5. The van der Waals surface area contributed by atoms with Gasteiger partial charge >= 0.3 is 0 Å². The van der Waals surface area contributed by atoms with E-state index in [1.165, 1.54) is 12.8 Å². The molecule has 0 aromatic heterocycles. The van der Waals surface area contributed by atoms with E-state index in [1.54, 1.807) is 0 Å². The summed E-state index contributed by atoms with van der Waals surface area (Å²) in [4.78, 5) is 11.7. The van der Waals surface area contributed by atoms with E-state index in [-0.39, 0.29) is 5.91 Å². The zero-order valence-corrected chi connectivity index (χ0v) is 10.5. The number of piperidine rings is 1. The van der Waals surface area contributed by atoms with Crippen LogP contribution in [0.1, 0.15) is 32.1 Å². The number of nitrogens with one attached hydrogen (secondary N) is 2. The summed E-state index contributed by atoms with van der Waals surface area (Å²) < 4.78 is 5.29. The molecule has 17 heavy (non-hydrogen) atoms. The molecular formula is C13H24N2O2. The van der Waals surface area contributed by atoms with Crippen molar-refractivity contribution in [1.29, 1.82) is 0 Å². The van der Waals surface area contributed by atoms with Gasteiger partial charge in [-0.05, 0) is 44.7 Å². The summed E-state index contributed by atoms with van der Waals surface area (Å²) in [5.41, 5.74) is 0. The molecule has 2 heterocycles. The maximum atomic E-state index is 11.7. The number of carbonyl (C=O) groups is 1. The van der Waals surface area contributed by atoms with Gasteiger partial charge in [0.25, 0.3) is 0 Å². The van der Waals surface area contributed by atoms with E-state index in [9.17, 15) is 4.79 Å². The highest BCUT2D eigenvalue weighted by atomic mass is 16.5. The quantitative estimate of drug-likeness (QED) is 0.751. The Hall–Kier alpha value is -0.610. The third-order valence-electron chi connectivity index (χ3n) is 3.85. The van der Waals surface area contributed by atoms with Gasteiger partial charge in [-0.2, -0.15) is 0 Å². The lowest BCUT2D eigenvalue weighted by atomic mass is 9.93. The Kier molecular flexibility index (Phi) is 5.26. The van der Waals surface area contributed by atoms with Crippen molar-refractivity contribution in [2.24, 2.45) is 11.8 Å². The monoisotopic (exact) mass is 240 g/mol. The van der Waals surface area contributed by atoms with Crippen LogP contribution in [0.4, 0.5) is 0 Å². The van der Waals surface area contributed by atoms with Crippen LogP contribution in [0.3, 0.4) is 0 Å². The van der Waals surface area contributed by atoms with E-state index in [2.05, 4.69) is 10.6 Å². The molecule has 2 fully saturated rings. The third-order valence-corrected chi connectivity index (χ3v) is 3.85. The summed E-state index contributed by atoms with van der Waals surface area (Å²) in [5, 5.41) is 6.38. The van der Waals surface area contributed by atoms with E-state index >= 15 is 0 Å². The lowest BCUT2D eigenvalue weighted by Crippen LogP contribution is -2.31. The molecule has 0 bridgehead atoms. The van der Waals surface area contributed by atoms with E-state index in [0.29, 0.717) is 12.3 Å².